The minimum absolute atomic E-state index is 0.0457. The van der Waals surface area contributed by atoms with E-state index in [2.05, 4.69) is 0 Å². The lowest BCUT2D eigenvalue weighted by atomic mass is 10.1. The van der Waals surface area contributed by atoms with Gasteiger partial charge in [-0.05, 0) is 29.7 Å². The number of nitrogens with zero attached hydrogens (tertiary/aromatic N) is 2. The van der Waals surface area contributed by atoms with Crippen LogP contribution in [0.5, 0.6) is 0 Å². The molecule has 1 aromatic heterocycles. The number of fused-ring (bicyclic) bond motifs is 1. The van der Waals surface area contributed by atoms with Gasteiger partial charge < -0.3 is 4.42 Å². The van der Waals surface area contributed by atoms with Crippen molar-refractivity contribution in [1.82, 2.24) is 0 Å². The third-order valence-electron chi connectivity index (χ3n) is 5.07. The fourth-order valence-corrected chi connectivity index (χ4v) is 4.89. The Kier molecular flexibility index (Phi) is 5.08. The van der Waals surface area contributed by atoms with Crippen molar-refractivity contribution >= 4 is 62.4 Å². The van der Waals surface area contributed by atoms with Gasteiger partial charge in [0.25, 0.3) is 11.6 Å². The molecule has 1 aliphatic rings. The molecule has 4 aromatic rings. The summed E-state index contributed by atoms with van der Waals surface area (Å²) in [5, 5.41) is 13.3. The molecule has 1 aliphatic heterocycles. The number of benzene rings is 3. The highest BCUT2D eigenvalue weighted by Crippen LogP contribution is 2.39. The maximum atomic E-state index is 13.2. The lowest BCUT2D eigenvalue weighted by Crippen LogP contribution is -2.27. The van der Waals surface area contributed by atoms with Crippen LogP contribution in [-0.4, -0.2) is 15.2 Å². The van der Waals surface area contributed by atoms with E-state index in [1.165, 1.54) is 22.7 Å². The molecule has 0 spiro atoms. The largest absolute Gasteiger partial charge is 0.456 e. The van der Waals surface area contributed by atoms with E-state index in [4.69, 9.17) is 16.6 Å². The highest BCUT2D eigenvalue weighted by molar-refractivity contribution is 8.27. The van der Waals surface area contributed by atoms with Crippen LogP contribution in [0.4, 0.5) is 11.4 Å². The summed E-state index contributed by atoms with van der Waals surface area (Å²) < 4.78 is 6.24. The van der Waals surface area contributed by atoms with Crippen molar-refractivity contribution in [2.24, 2.45) is 0 Å². The Morgan fingerprint density at radius 2 is 1.72 bits per heavy atom. The molecular weight excluding hydrogens is 444 g/mol. The smallest absolute Gasteiger partial charge is 0.280 e. The van der Waals surface area contributed by atoms with Crippen molar-refractivity contribution in [3.63, 3.8) is 0 Å². The number of hydrogen-bond acceptors (Lipinski definition) is 6. The fraction of sp³-hybridized carbons (Fsp3) is 0. The number of carbonyl (C=O) groups excluding carboxylic acids is 1. The zero-order chi connectivity index (χ0) is 22.2. The Balaban J connectivity index is 1.49. The number of carbonyl (C=O) groups is 1. The number of nitro groups is 1. The number of nitro benzene ring substituents is 1. The van der Waals surface area contributed by atoms with Crippen LogP contribution in [-0.2, 0) is 4.79 Å². The van der Waals surface area contributed by atoms with E-state index in [1.54, 1.807) is 36.4 Å². The molecule has 3 aromatic carbocycles. The van der Waals surface area contributed by atoms with Crippen LogP contribution >= 0.6 is 24.0 Å². The molecule has 0 saturated carbocycles. The topological polar surface area (TPSA) is 76.6 Å². The second kappa shape index (κ2) is 8.07. The van der Waals surface area contributed by atoms with Crippen molar-refractivity contribution in [2.45, 2.75) is 0 Å². The normalized spacial score (nSPS) is 15.1. The van der Waals surface area contributed by atoms with Gasteiger partial charge in [0.1, 0.15) is 11.5 Å². The standard InChI is InChI=1S/C24H14N2O4S2/c27-23-22(14-16-12-13-21(30-16)18-9-3-4-10-20(18)26(28)29)32-24(31)25(23)19-11-5-7-15-6-1-2-8-17(15)19/h1-14H/b22-14-. The SMILES string of the molecule is O=C1/C(=C/c2ccc(-c3ccccc3[N+](=O)[O-])o2)SC(=S)N1c1cccc2ccccc12. The summed E-state index contributed by atoms with van der Waals surface area (Å²) in [6, 6.07) is 23.3. The number of rotatable bonds is 4. The van der Waals surface area contributed by atoms with Gasteiger partial charge in [-0.2, -0.15) is 0 Å². The average molecular weight is 459 g/mol. The molecule has 0 bridgehead atoms. The molecular formula is C24H14N2O4S2. The number of hydrogen-bond donors (Lipinski definition) is 0. The van der Waals surface area contributed by atoms with Gasteiger partial charge in [0.15, 0.2) is 4.32 Å². The van der Waals surface area contributed by atoms with Crippen LogP contribution in [0.25, 0.3) is 28.2 Å². The van der Waals surface area contributed by atoms with E-state index in [0.29, 0.717) is 26.3 Å². The maximum Gasteiger partial charge on any atom is 0.280 e. The summed E-state index contributed by atoms with van der Waals surface area (Å²) in [6.07, 6.45) is 1.61. The monoisotopic (exact) mass is 458 g/mol. The van der Waals surface area contributed by atoms with Crippen LogP contribution in [0, 0.1) is 10.1 Å². The Morgan fingerprint density at radius 3 is 2.56 bits per heavy atom. The molecule has 0 unspecified atom stereocenters. The van der Waals surface area contributed by atoms with Crippen molar-refractivity contribution in [3.05, 3.63) is 99.6 Å². The van der Waals surface area contributed by atoms with E-state index in [0.717, 1.165) is 16.5 Å². The summed E-state index contributed by atoms with van der Waals surface area (Å²) >= 11 is 6.70. The molecule has 5 rings (SSSR count). The van der Waals surface area contributed by atoms with Crippen LogP contribution in [0.2, 0.25) is 0 Å². The number of anilines is 1. The quantitative estimate of drug-likeness (QED) is 0.152. The predicted octanol–water partition coefficient (Wildman–Crippen LogP) is 6.41. The maximum absolute atomic E-state index is 13.2. The molecule has 8 heteroatoms. The molecule has 0 radical (unpaired) electrons. The summed E-state index contributed by atoms with van der Waals surface area (Å²) in [5.41, 5.74) is 1.06. The van der Waals surface area contributed by atoms with Gasteiger partial charge in [0, 0.05) is 17.5 Å². The fourth-order valence-electron chi connectivity index (χ4n) is 3.62. The van der Waals surface area contributed by atoms with Gasteiger partial charge in [-0.1, -0.05) is 72.5 Å². The molecule has 1 fully saturated rings. The van der Waals surface area contributed by atoms with Crippen LogP contribution in [0.15, 0.2) is 88.2 Å². The lowest BCUT2D eigenvalue weighted by Gasteiger charge is -2.17. The number of thiocarbonyl (C=S) groups is 1. The minimum Gasteiger partial charge on any atom is -0.456 e. The van der Waals surface area contributed by atoms with E-state index in [1.807, 2.05) is 42.5 Å². The average Bonchev–Trinajstić information content (AvgIpc) is 3.37. The Hall–Kier alpha value is -3.75. The number of furan rings is 1. The molecule has 156 valence electrons. The van der Waals surface area contributed by atoms with Gasteiger partial charge in [-0.25, -0.2) is 0 Å². The van der Waals surface area contributed by atoms with Gasteiger partial charge >= 0.3 is 0 Å². The Morgan fingerprint density at radius 1 is 0.969 bits per heavy atom. The zero-order valence-electron chi connectivity index (χ0n) is 16.4. The van der Waals surface area contributed by atoms with Crippen molar-refractivity contribution in [1.29, 1.82) is 0 Å². The second-order valence-electron chi connectivity index (χ2n) is 6.99. The van der Waals surface area contributed by atoms with Crippen molar-refractivity contribution in [3.8, 4) is 11.3 Å². The first-order chi connectivity index (χ1) is 15.5. The highest BCUT2D eigenvalue weighted by Gasteiger charge is 2.34. The Bertz CT molecular complexity index is 1440. The van der Waals surface area contributed by atoms with Gasteiger partial charge in [-0.15, -0.1) is 0 Å². The second-order valence-corrected chi connectivity index (χ2v) is 8.67. The molecule has 32 heavy (non-hydrogen) atoms. The van der Waals surface area contributed by atoms with Crippen LogP contribution < -0.4 is 4.90 Å². The van der Waals surface area contributed by atoms with Gasteiger partial charge in [-0.3, -0.25) is 19.8 Å². The highest BCUT2D eigenvalue weighted by atomic mass is 32.2. The van der Waals surface area contributed by atoms with E-state index >= 15 is 0 Å². The zero-order valence-corrected chi connectivity index (χ0v) is 18.1. The van der Waals surface area contributed by atoms with Crippen LogP contribution in [0.1, 0.15) is 5.76 Å². The van der Waals surface area contributed by atoms with Crippen molar-refractivity contribution in [2.75, 3.05) is 4.90 Å². The lowest BCUT2D eigenvalue weighted by molar-refractivity contribution is -0.384. The predicted molar refractivity (Wildman–Crippen MR) is 130 cm³/mol. The molecule has 0 N–H and O–H groups in total. The van der Waals surface area contributed by atoms with Gasteiger partial charge in [0.05, 0.1) is 21.1 Å². The Labute approximate surface area is 192 Å². The van der Waals surface area contributed by atoms with E-state index < -0.39 is 4.92 Å². The van der Waals surface area contributed by atoms with E-state index in [-0.39, 0.29) is 11.6 Å². The molecule has 2 heterocycles. The van der Waals surface area contributed by atoms with Crippen LogP contribution in [0.3, 0.4) is 0 Å². The molecule has 1 saturated heterocycles. The molecule has 6 nitrogen and oxygen atoms in total. The third kappa shape index (κ3) is 3.49. The first-order valence-corrected chi connectivity index (χ1v) is 10.8. The first kappa shape index (κ1) is 20.2. The summed E-state index contributed by atoms with van der Waals surface area (Å²) in [4.78, 5) is 26.0. The van der Waals surface area contributed by atoms with Crippen molar-refractivity contribution < 1.29 is 14.1 Å². The van der Waals surface area contributed by atoms with Gasteiger partial charge in [0.2, 0.25) is 0 Å². The molecule has 1 amide bonds. The van der Waals surface area contributed by atoms with E-state index in [9.17, 15) is 14.9 Å². The first-order valence-electron chi connectivity index (χ1n) is 9.62. The number of amides is 1. The summed E-state index contributed by atoms with van der Waals surface area (Å²) in [7, 11) is 0. The number of para-hydroxylation sites is 1. The number of thioether (sulfide) groups is 1. The minimum atomic E-state index is -0.452. The third-order valence-corrected chi connectivity index (χ3v) is 6.37. The molecule has 0 atom stereocenters. The molecule has 0 aliphatic carbocycles. The summed E-state index contributed by atoms with van der Waals surface area (Å²) in [6.45, 7) is 0. The summed E-state index contributed by atoms with van der Waals surface area (Å²) in [5.74, 6) is 0.532.